The van der Waals surface area contributed by atoms with Crippen LogP contribution >= 0.6 is 0 Å². The normalized spacial score (nSPS) is 19.2. The van der Waals surface area contributed by atoms with Crippen molar-refractivity contribution >= 4 is 18.1 Å². The van der Waals surface area contributed by atoms with E-state index in [4.69, 9.17) is 9.47 Å². The average molecular weight is 390 g/mol. The number of aliphatic imine (C=N–C) groups is 1. The molecule has 1 aromatic rings. The Labute approximate surface area is 165 Å². The Bertz CT molecular complexity index is 647. The SMILES string of the molecule is O=C(/N=C(\NC(=O)OCC1CCCCC1)n1cccn1)OCC1CCCCC1. The third-order valence-corrected chi connectivity index (χ3v) is 5.47. The van der Waals surface area contributed by atoms with Crippen LogP contribution in [-0.4, -0.2) is 41.1 Å². The fourth-order valence-electron chi connectivity index (χ4n) is 3.87. The Balaban J connectivity index is 1.51. The molecular formula is C20H30N4O4. The highest BCUT2D eigenvalue weighted by molar-refractivity contribution is 5.99. The van der Waals surface area contributed by atoms with Crippen LogP contribution in [0.4, 0.5) is 9.59 Å². The van der Waals surface area contributed by atoms with Crippen molar-refractivity contribution in [1.29, 1.82) is 0 Å². The maximum absolute atomic E-state index is 12.2. The first-order chi connectivity index (χ1) is 13.7. The minimum atomic E-state index is -0.733. The van der Waals surface area contributed by atoms with Gasteiger partial charge in [-0.05, 0) is 43.6 Å². The van der Waals surface area contributed by atoms with Crippen LogP contribution in [0.2, 0.25) is 0 Å². The molecule has 1 heterocycles. The molecule has 2 amide bonds. The van der Waals surface area contributed by atoms with Gasteiger partial charge in [0.2, 0.25) is 5.96 Å². The van der Waals surface area contributed by atoms with Gasteiger partial charge >= 0.3 is 12.2 Å². The van der Waals surface area contributed by atoms with Crippen molar-refractivity contribution in [3.8, 4) is 0 Å². The van der Waals surface area contributed by atoms with Gasteiger partial charge in [0.1, 0.15) is 0 Å². The number of carbonyl (C=O) groups is 2. The number of aromatic nitrogens is 2. The van der Waals surface area contributed by atoms with Crippen LogP contribution in [0, 0.1) is 11.8 Å². The molecule has 0 spiro atoms. The lowest BCUT2D eigenvalue weighted by atomic mass is 9.90. The summed E-state index contributed by atoms with van der Waals surface area (Å²) in [5, 5.41) is 6.55. The quantitative estimate of drug-likeness (QED) is 0.617. The molecular weight excluding hydrogens is 360 g/mol. The Morgan fingerprint density at radius 2 is 1.57 bits per heavy atom. The van der Waals surface area contributed by atoms with Gasteiger partial charge in [0, 0.05) is 12.4 Å². The Hall–Kier alpha value is -2.38. The van der Waals surface area contributed by atoms with Crippen molar-refractivity contribution in [3.63, 3.8) is 0 Å². The van der Waals surface area contributed by atoms with E-state index < -0.39 is 12.2 Å². The Kier molecular flexibility index (Phi) is 7.87. The van der Waals surface area contributed by atoms with Crippen LogP contribution < -0.4 is 5.32 Å². The first-order valence-electron chi connectivity index (χ1n) is 10.4. The van der Waals surface area contributed by atoms with Gasteiger partial charge in [-0.25, -0.2) is 14.3 Å². The highest BCUT2D eigenvalue weighted by Crippen LogP contribution is 2.24. The van der Waals surface area contributed by atoms with Gasteiger partial charge in [-0.15, -0.1) is 4.99 Å². The lowest BCUT2D eigenvalue weighted by Gasteiger charge is -2.21. The number of alkyl carbamates (subject to hydrolysis) is 1. The smallest absolute Gasteiger partial charge is 0.436 e. The van der Waals surface area contributed by atoms with Gasteiger partial charge in [-0.1, -0.05) is 38.5 Å². The van der Waals surface area contributed by atoms with E-state index in [0.717, 1.165) is 25.7 Å². The zero-order valence-electron chi connectivity index (χ0n) is 16.3. The molecule has 2 aliphatic carbocycles. The molecule has 8 heteroatoms. The lowest BCUT2D eigenvalue weighted by Crippen LogP contribution is -2.38. The van der Waals surface area contributed by atoms with Gasteiger partial charge in [0.15, 0.2) is 0 Å². The van der Waals surface area contributed by atoms with Crippen LogP contribution in [0.25, 0.3) is 0 Å². The fraction of sp³-hybridized carbons (Fsp3) is 0.700. The highest BCUT2D eigenvalue weighted by atomic mass is 16.6. The van der Waals surface area contributed by atoms with Crippen LogP contribution in [0.15, 0.2) is 23.5 Å². The van der Waals surface area contributed by atoms with Gasteiger partial charge in [0.25, 0.3) is 0 Å². The van der Waals surface area contributed by atoms with E-state index in [2.05, 4.69) is 15.4 Å². The van der Waals surface area contributed by atoms with Crippen molar-refractivity contribution in [2.75, 3.05) is 13.2 Å². The Morgan fingerprint density at radius 1 is 0.964 bits per heavy atom. The summed E-state index contributed by atoms with van der Waals surface area (Å²) in [5.41, 5.74) is 0. The summed E-state index contributed by atoms with van der Waals surface area (Å²) in [5.74, 6) is 0.784. The van der Waals surface area contributed by atoms with E-state index in [1.165, 1.54) is 49.4 Å². The molecule has 3 rings (SSSR count). The summed E-state index contributed by atoms with van der Waals surface area (Å²) in [6.07, 6.45) is 13.3. The van der Waals surface area contributed by atoms with Gasteiger partial charge < -0.3 is 9.47 Å². The predicted octanol–water partition coefficient (Wildman–Crippen LogP) is 4.11. The molecule has 0 bridgehead atoms. The fourth-order valence-corrected chi connectivity index (χ4v) is 3.87. The third-order valence-electron chi connectivity index (χ3n) is 5.47. The summed E-state index contributed by atoms with van der Waals surface area (Å²) in [6.45, 7) is 0.741. The molecule has 2 aliphatic rings. The number of nitrogens with zero attached hydrogens (tertiary/aromatic N) is 3. The maximum atomic E-state index is 12.2. The van der Waals surface area contributed by atoms with Crippen LogP contribution in [-0.2, 0) is 9.47 Å². The summed E-state index contributed by atoms with van der Waals surface area (Å²) < 4.78 is 11.9. The van der Waals surface area contributed by atoms with Crippen molar-refractivity contribution in [2.45, 2.75) is 64.2 Å². The first-order valence-corrected chi connectivity index (χ1v) is 10.4. The monoisotopic (exact) mass is 390 g/mol. The minimum absolute atomic E-state index is 0.0210. The van der Waals surface area contributed by atoms with Crippen LogP contribution in [0.1, 0.15) is 64.2 Å². The molecule has 2 fully saturated rings. The third kappa shape index (κ3) is 6.65. The minimum Gasteiger partial charge on any atom is -0.449 e. The number of carbonyl (C=O) groups excluding carboxylic acids is 2. The van der Waals surface area contributed by atoms with Crippen LogP contribution in [0.3, 0.4) is 0 Å². The van der Waals surface area contributed by atoms with Crippen molar-refractivity contribution < 1.29 is 19.1 Å². The number of nitrogens with one attached hydrogen (secondary N) is 1. The second kappa shape index (κ2) is 10.8. The second-order valence-corrected chi connectivity index (χ2v) is 7.69. The molecule has 28 heavy (non-hydrogen) atoms. The van der Waals surface area contributed by atoms with Crippen molar-refractivity contribution in [2.24, 2.45) is 16.8 Å². The van der Waals surface area contributed by atoms with E-state index >= 15 is 0 Å². The first kappa shape index (κ1) is 20.4. The standard InChI is InChI=1S/C20H30N4O4/c25-19(27-14-16-8-3-1-4-9-16)22-18(24-13-7-12-21-24)23-20(26)28-15-17-10-5-2-6-11-17/h7,12-13,16-17H,1-6,8-11,14-15H2,(H,22,23,25,26). The highest BCUT2D eigenvalue weighted by Gasteiger charge is 2.19. The van der Waals surface area contributed by atoms with E-state index in [-0.39, 0.29) is 5.96 Å². The summed E-state index contributed by atoms with van der Waals surface area (Å²) >= 11 is 0. The van der Waals surface area contributed by atoms with Gasteiger partial charge in [-0.2, -0.15) is 5.10 Å². The molecule has 2 saturated carbocycles. The molecule has 0 aliphatic heterocycles. The molecule has 0 saturated heterocycles. The molecule has 1 aromatic heterocycles. The Morgan fingerprint density at radius 3 is 2.14 bits per heavy atom. The summed E-state index contributed by atoms with van der Waals surface area (Å²) in [6, 6.07) is 1.68. The molecule has 0 unspecified atom stereocenters. The molecule has 0 radical (unpaired) electrons. The predicted molar refractivity (Wildman–Crippen MR) is 104 cm³/mol. The summed E-state index contributed by atoms with van der Waals surface area (Å²) in [4.78, 5) is 28.2. The zero-order valence-corrected chi connectivity index (χ0v) is 16.3. The summed E-state index contributed by atoms with van der Waals surface area (Å²) in [7, 11) is 0. The number of rotatable bonds is 4. The van der Waals surface area contributed by atoms with Gasteiger partial charge in [0.05, 0.1) is 13.2 Å². The van der Waals surface area contributed by atoms with Crippen molar-refractivity contribution in [3.05, 3.63) is 18.5 Å². The van der Waals surface area contributed by atoms with E-state index in [9.17, 15) is 9.59 Å². The molecule has 0 aromatic carbocycles. The number of hydrogen-bond donors (Lipinski definition) is 1. The molecule has 1 N–H and O–H groups in total. The van der Waals surface area contributed by atoms with E-state index in [0.29, 0.717) is 25.0 Å². The number of hydrogen-bond acceptors (Lipinski definition) is 5. The largest absolute Gasteiger partial charge is 0.449 e. The van der Waals surface area contributed by atoms with Crippen LogP contribution in [0.5, 0.6) is 0 Å². The molecule has 8 nitrogen and oxygen atoms in total. The second-order valence-electron chi connectivity index (χ2n) is 7.69. The van der Waals surface area contributed by atoms with Crippen molar-refractivity contribution in [1.82, 2.24) is 15.1 Å². The average Bonchev–Trinajstić information content (AvgIpc) is 3.27. The lowest BCUT2D eigenvalue weighted by molar-refractivity contribution is 0.119. The van der Waals surface area contributed by atoms with Gasteiger partial charge in [-0.3, -0.25) is 5.32 Å². The van der Waals surface area contributed by atoms with E-state index in [1.54, 1.807) is 12.3 Å². The molecule has 154 valence electrons. The molecule has 0 atom stereocenters. The maximum Gasteiger partial charge on any atom is 0.436 e. The number of ether oxygens (including phenoxy) is 2. The number of amides is 2. The zero-order chi connectivity index (χ0) is 19.6. The topological polar surface area (TPSA) is 94.8 Å². The van der Waals surface area contributed by atoms with E-state index in [1.807, 2.05) is 0 Å².